The maximum absolute atomic E-state index is 6.20. The normalized spacial score (nSPS) is 10.8. The summed E-state index contributed by atoms with van der Waals surface area (Å²) < 4.78 is 18.6. The smallest absolute Gasteiger partial charge is 0.127 e. The highest BCUT2D eigenvalue weighted by Crippen LogP contribution is 2.30. The van der Waals surface area contributed by atoms with Crippen LogP contribution < -0.4 is 14.2 Å². The van der Waals surface area contributed by atoms with Crippen molar-refractivity contribution < 1.29 is 14.2 Å². The minimum Gasteiger partial charge on any atom is -0.489 e. The second-order valence-corrected chi connectivity index (χ2v) is 9.99. The van der Waals surface area contributed by atoms with Crippen molar-refractivity contribution in [1.82, 2.24) is 0 Å². The van der Waals surface area contributed by atoms with E-state index in [9.17, 15) is 0 Å². The molecule has 0 unspecified atom stereocenters. The lowest BCUT2D eigenvalue weighted by Gasteiger charge is -2.15. The van der Waals surface area contributed by atoms with E-state index >= 15 is 0 Å². The van der Waals surface area contributed by atoms with Crippen LogP contribution in [0.2, 0.25) is 0 Å². The van der Waals surface area contributed by atoms with Gasteiger partial charge in [-0.2, -0.15) is 0 Å². The Labute approximate surface area is 215 Å². The van der Waals surface area contributed by atoms with Crippen LogP contribution in [0, 0.1) is 41.5 Å². The van der Waals surface area contributed by atoms with E-state index in [2.05, 4.69) is 96.1 Å². The Hall–Kier alpha value is -3.72. The van der Waals surface area contributed by atoms with Gasteiger partial charge in [0.1, 0.15) is 37.1 Å². The monoisotopic (exact) mass is 480 g/mol. The molecule has 0 aliphatic heterocycles. The Morgan fingerprint density at radius 2 is 0.556 bits per heavy atom. The Balaban J connectivity index is 1.53. The first-order valence-corrected chi connectivity index (χ1v) is 12.5. The molecular weight excluding hydrogens is 444 g/mol. The lowest BCUT2D eigenvalue weighted by molar-refractivity contribution is 0.274. The highest BCUT2D eigenvalue weighted by atomic mass is 16.5. The van der Waals surface area contributed by atoms with Crippen LogP contribution in [-0.2, 0) is 19.8 Å². The molecular formula is C33H36O3. The van der Waals surface area contributed by atoms with E-state index in [-0.39, 0.29) is 0 Å². The number of hydrogen-bond acceptors (Lipinski definition) is 3. The molecule has 186 valence electrons. The van der Waals surface area contributed by atoms with Crippen LogP contribution in [0.3, 0.4) is 0 Å². The fourth-order valence-corrected chi connectivity index (χ4v) is 4.75. The third kappa shape index (κ3) is 7.39. The summed E-state index contributed by atoms with van der Waals surface area (Å²) in [4.78, 5) is 0. The van der Waals surface area contributed by atoms with Gasteiger partial charge in [-0.3, -0.25) is 0 Å². The van der Waals surface area contributed by atoms with Gasteiger partial charge in [-0.1, -0.05) is 88.0 Å². The summed E-state index contributed by atoms with van der Waals surface area (Å²) in [5, 5.41) is 0. The maximum Gasteiger partial charge on any atom is 0.127 e. The fourth-order valence-electron chi connectivity index (χ4n) is 4.75. The lowest BCUT2D eigenvalue weighted by Crippen LogP contribution is -2.01. The first kappa shape index (κ1) is 25.4. The summed E-state index contributed by atoms with van der Waals surface area (Å²) in [5.41, 5.74) is 10.8. The Bertz CT molecular complexity index is 1110. The zero-order chi connectivity index (χ0) is 25.7. The molecule has 4 aromatic carbocycles. The van der Waals surface area contributed by atoms with Gasteiger partial charge in [0.25, 0.3) is 0 Å². The van der Waals surface area contributed by atoms with Gasteiger partial charge in [0.2, 0.25) is 0 Å². The van der Waals surface area contributed by atoms with Crippen LogP contribution in [0.15, 0.2) is 72.8 Å². The van der Waals surface area contributed by atoms with E-state index in [1.54, 1.807) is 0 Å². The molecule has 0 spiro atoms. The van der Waals surface area contributed by atoms with Crippen molar-refractivity contribution >= 4 is 0 Å². The average molecular weight is 481 g/mol. The number of ether oxygens (including phenoxy) is 3. The topological polar surface area (TPSA) is 27.7 Å². The van der Waals surface area contributed by atoms with Crippen LogP contribution in [0.1, 0.15) is 50.1 Å². The standard InChI is InChI=1S/C33H36O3/c1-22-7-23(2)11-28(10-22)19-34-31-16-32(35-20-29-12-24(3)8-25(4)13-29)18-33(17-31)36-21-30-14-26(5)9-27(6)15-30/h7-18H,19-21H2,1-6H3. The molecule has 0 heterocycles. The van der Waals surface area contributed by atoms with Gasteiger partial charge >= 0.3 is 0 Å². The van der Waals surface area contributed by atoms with Crippen molar-refractivity contribution in [2.24, 2.45) is 0 Å². The molecule has 3 heteroatoms. The van der Waals surface area contributed by atoms with E-state index in [0.717, 1.165) is 33.9 Å². The van der Waals surface area contributed by atoms with E-state index < -0.39 is 0 Å². The molecule has 0 aromatic heterocycles. The first-order valence-electron chi connectivity index (χ1n) is 12.5. The summed E-state index contributed by atoms with van der Waals surface area (Å²) in [6.45, 7) is 14.1. The quantitative estimate of drug-likeness (QED) is 0.241. The second-order valence-electron chi connectivity index (χ2n) is 9.99. The van der Waals surface area contributed by atoms with E-state index in [4.69, 9.17) is 14.2 Å². The van der Waals surface area contributed by atoms with E-state index in [1.165, 1.54) is 33.4 Å². The highest BCUT2D eigenvalue weighted by Gasteiger charge is 2.08. The third-order valence-electron chi connectivity index (χ3n) is 5.91. The summed E-state index contributed by atoms with van der Waals surface area (Å²) >= 11 is 0. The number of benzene rings is 4. The average Bonchev–Trinajstić information content (AvgIpc) is 2.78. The molecule has 0 aliphatic rings. The fraction of sp³-hybridized carbons (Fsp3) is 0.273. The molecule has 0 N–H and O–H groups in total. The lowest BCUT2D eigenvalue weighted by atomic mass is 10.1. The van der Waals surface area contributed by atoms with Crippen LogP contribution in [0.25, 0.3) is 0 Å². The molecule has 0 atom stereocenters. The molecule has 0 aliphatic carbocycles. The molecule has 0 bridgehead atoms. The summed E-state index contributed by atoms with van der Waals surface area (Å²) in [5.74, 6) is 2.17. The van der Waals surface area contributed by atoms with Crippen molar-refractivity contribution in [3.8, 4) is 17.2 Å². The van der Waals surface area contributed by atoms with Crippen molar-refractivity contribution in [3.63, 3.8) is 0 Å². The number of hydrogen-bond donors (Lipinski definition) is 0. The van der Waals surface area contributed by atoms with Crippen LogP contribution in [0.5, 0.6) is 17.2 Å². The Kier molecular flexibility index (Phi) is 8.00. The van der Waals surface area contributed by atoms with Crippen molar-refractivity contribution in [2.45, 2.75) is 61.4 Å². The summed E-state index contributed by atoms with van der Waals surface area (Å²) in [6, 6.07) is 25.3. The first-order chi connectivity index (χ1) is 17.2. The second kappa shape index (κ2) is 11.3. The molecule has 0 saturated heterocycles. The molecule has 0 amide bonds. The van der Waals surface area contributed by atoms with Gasteiger partial charge in [0.15, 0.2) is 0 Å². The van der Waals surface area contributed by atoms with Crippen LogP contribution in [-0.4, -0.2) is 0 Å². The van der Waals surface area contributed by atoms with Gasteiger partial charge < -0.3 is 14.2 Å². The predicted molar refractivity (Wildman–Crippen MR) is 147 cm³/mol. The van der Waals surface area contributed by atoms with Crippen molar-refractivity contribution in [3.05, 3.63) is 123 Å². The number of rotatable bonds is 9. The third-order valence-corrected chi connectivity index (χ3v) is 5.91. The molecule has 0 fully saturated rings. The van der Waals surface area contributed by atoms with Crippen LogP contribution in [0.4, 0.5) is 0 Å². The van der Waals surface area contributed by atoms with Crippen molar-refractivity contribution in [2.75, 3.05) is 0 Å². The minimum atomic E-state index is 0.486. The Morgan fingerprint density at radius 1 is 0.333 bits per heavy atom. The van der Waals surface area contributed by atoms with Gasteiger partial charge in [-0.05, 0) is 58.2 Å². The molecule has 4 aromatic rings. The molecule has 3 nitrogen and oxygen atoms in total. The largest absolute Gasteiger partial charge is 0.489 e. The zero-order valence-electron chi connectivity index (χ0n) is 22.3. The molecule has 0 radical (unpaired) electrons. The summed E-state index contributed by atoms with van der Waals surface area (Å²) in [7, 11) is 0. The molecule has 36 heavy (non-hydrogen) atoms. The number of aryl methyl sites for hydroxylation is 6. The zero-order valence-corrected chi connectivity index (χ0v) is 22.3. The van der Waals surface area contributed by atoms with Gasteiger partial charge in [0.05, 0.1) is 0 Å². The minimum absolute atomic E-state index is 0.486. The summed E-state index contributed by atoms with van der Waals surface area (Å²) in [6.07, 6.45) is 0. The van der Waals surface area contributed by atoms with E-state index in [1.807, 2.05) is 18.2 Å². The predicted octanol–water partition coefficient (Wildman–Crippen LogP) is 8.27. The van der Waals surface area contributed by atoms with Crippen LogP contribution >= 0.6 is 0 Å². The highest BCUT2D eigenvalue weighted by molar-refractivity contribution is 5.43. The van der Waals surface area contributed by atoms with Crippen molar-refractivity contribution in [1.29, 1.82) is 0 Å². The van der Waals surface area contributed by atoms with Gasteiger partial charge in [0, 0.05) is 18.2 Å². The molecule has 0 saturated carbocycles. The maximum atomic E-state index is 6.20. The van der Waals surface area contributed by atoms with E-state index in [0.29, 0.717) is 19.8 Å². The van der Waals surface area contributed by atoms with Gasteiger partial charge in [-0.15, -0.1) is 0 Å². The Morgan fingerprint density at radius 3 is 0.778 bits per heavy atom. The SMILES string of the molecule is Cc1cc(C)cc(COc2cc(OCc3cc(C)cc(C)c3)cc(OCc3cc(C)cc(C)c3)c2)c1. The van der Waals surface area contributed by atoms with Gasteiger partial charge in [-0.25, -0.2) is 0 Å². The molecule has 4 rings (SSSR count).